The van der Waals surface area contributed by atoms with Gasteiger partial charge < -0.3 is 9.30 Å². The number of methoxy groups -OCH3 is 1. The number of hydrogen-bond donors (Lipinski definition) is 0. The van der Waals surface area contributed by atoms with Crippen molar-refractivity contribution in [2.75, 3.05) is 7.11 Å². The van der Waals surface area contributed by atoms with Crippen molar-refractivity contribution >= 4 is 0 Å². The highest BCUT2D eigenvalue weighted by Crippen LogP contribution is 2.08. The molecule has 1 aromatic heterocycles. The molecular formula is C9H15NO. The third-order valence-electron chi connectivity index (χ3n) is 1.76. The number of aromatic nitrogens is 1. The molecule has 0 aliphatic carbocycles. The van der Waals surface area contributed by atoms with Gasteiger partial charge >= 0.3 is 0 Å². The van der Waals surface area contributed by atoms with E-state index in [0.29, 0.717) is 6.61 Å². The minimum atomic E-state index is 0.710. The number of rotatable bonds is 3. The molecule has 0 bridgehead atoms. The predicted octanol–water partition coefficient (Wildman–Crippen LogP) is 1.96. The van der Waals surface area contributed by atoms with Gasteiger partial charge in [-0.05, 0) is 25.5 Å². The molecule has 0 radical (unpaired) electrons. The van der Waals surface area contributed by atoms with Crippen LogP contribution in [-0.2, 0) is 17.9 Å². The number of nitrogens with zero attached hydrogens (tertiary/aromatic N) is 1. The van der Waals surface area contributed by atoms with Crippen LogP contribution in [0.15, 0.2) is 12.3 Å². The van der Waals surface area contributed by atoms with Crippen LogP contribution in [0.1, 0.15) is 18.2 Å². The van der Waals surface area contributed by atoms with Gasteiger partial charge in [-0.2, -0.15) is 0 Å². The van der Waals surface area contributed by atoms with E-state index in [1.807, 2.05) is 0 Å². The van der Waals surface area contributed by atoms with Crippen LogP contribution in [-0.4, -0.2) is 11.7 Å². The van der Waals surface area contributed by atoms with Crippen molar-refractivity contribution in [3.8, 4) is 0 Å². The Labute approximate surface area is 67.8 Å². The molecule has 0 atom stereocenters. The summed E-state index contributed by atoms with van der Waals surface area (Å²) in [6.45, 7) is 5.97. The lowest BCUT2D eigenvalue weighted by Gasteiger charge is -2.03. The molecule has 0 N–H and O–H groups in total. The first-order valence-electron chi connectivity index (χ1n) is 3.92. The molecule has 1 rings (SSSR count). The van der Waals surface area contributed by atoms with Crippen LogP contribution >= 0.6 is 0 Å². The minimum absolute atomic E-state index is 0.710. The van der Waals surface area contributed by atoms with Crippen LogP contribution in [0.3, 0.4) is 0 Å². The Kier molecular flexibility index (Phi) is 2.71. The lowest BCUT2D eigenvalue weighted by molar-refractivity contribution is 0.178. The molecule has 1 aromatic rings. The summed E-state index contributed by atoms with van der Waals surface area (Å²) >= 11 is 0. The second-order valence-corrected chi connectivity index (χ2v) is 2.73. The molecule has 0 amide bonds. The Morgan fingerprint density at radius 2 is 2.27 bits per heavy atom. The highest BCUT2D eigenvalue weighted by atomic mass is 16.5. The van der Waals surface area contributed by atoms with Crippen molar-refractivity contribution in [1.29, 1.82) is 0 Å². The first-order valence-corrected chi connectivity index (χ1v) is 3.92. The molecule has 1 heterocycles. The van der Waals surface area contributed by atoms with E-state index in [-0.39, 0.29) is 0 Å². The second-order valence-electron chi connectivity index (χ2n) is 2.73. The van der Waals surface area contributed by atoms with Crippen molar-refractivity contribution in [2.45, 2.75) is 27.0 Å². The van der Waals surface area contributed by atoms with E-state index in [4.69, 9.17) is 4.74 Å². The largest absolute Gasteiger partial charge is 0.378 e. The van der Waals surface area contributed by atoms with E-state index in [1.54, 1.807) is 7.11 Å². The lowest BCUT2D eigenvalue weighted by atomic mass is 10.3. The Balaban J connectivity index is 2.83. The number of ether oxygens (including phenoxy) is 1. The monoisotopic (exact) mass is 153 g/mol. The topological polar surface area (TPSA) is 14.2 Å². The normalized spacial score (nSPS) is 10.5. The molecule has 0 unspecified atom stereocenters. The van der Waals surface area contributed by atoms with Gasteiger partial charge in [0.2, 0.25) is 0 Å². The fourth-order valence-electron chi connectivity index (χ4n) is 1.28. The average Bonchev–Trinajstić information content (AvgIpc) is 2.32. The van der Waals surface area contributed by atoms with Gasteiger partial charge in [0.25, 0.3) is 0 Å². The standard InChI is InChI=1S/C9H15NO/c1-4-10-6-8(2)5-9(10)7-11-3/h5-6H,4,7H2,1-3H3. The summed E-state index contributed by atoms with van der Waals surface area (Å²) in [6, 6.07) is 2.16. The fourth-order valence-corrected chi connectivity index (χ4v) is 1.28. The van der Waals surface area contributed by atoms with Crippen molar-refractivity contribution in [2.24, 2.45) is 0 Å². The zero-order valence-corrected chi connectivity index (χ0v) is 7.42. The molecule has 0 aliphatic rings. The smallest absolute Gasteiger partial charge is 0.0864 e. The third-order valence-corrected chi connectivity index (χ3v) is 1.76. The maximum atomic E-state index is 5.06. The summed E-state index contributed by atoms with van der Waals surface area (Å²) in [4.78, 5) is 0. The van der Waals surface area contributed by atoms with Crippen molar-refractivity contribution < 1.29 is 4.74 Å². The SMILES string of the molecule is CCn1cc(C)cc1COC. The Morgan fingerprint density at radius 3 is 2.82 bits per heavy atom. The molecule has 11 heavy (non-hydrogen) atoms. The Bertz CT molecular complexity index is 227. The van der Waals surface area contributed by atoms with E-state index in [1.165, 1.54) is 11.3 Å². The van der Waals surface area contributed by atoms with Gasteiger partial charge in [0.15, 0.2) is 0 Å². The summed E-state index contributed by atoms with van der Waals surface area (Å²) in [5.41, 5.74) is 2.56. The molecule has 2 nitrogen and oxygen atoms in total. The van der Waals surface area contributed by atoms with Crippen LogP contribution < -0.4 is 0 Å². The maximum absolute atomic E-state index is 5.06. The molecule has 0 aromatic carbocycles. The highest BCUT2D eigenvalue weighted by molar-refractivity contribution is 5.16. The van der Waals surface area contributed by atoms with E-state index < -0.39 is 0 Å². The van der Waals surface area contributed by atoms with Crippen LogP contribution in [0, 0.1) is 6.92 Å². The van der Waals surface area contributed by atoms with Gasteiger partial charge in [-0.1, -0.05) is 0 Å². The van der Waals surface area contributed by atoms with Gasteiger partial charge in [-0.15, -0.1) is 0 Å². The van der Waals surface area contributed by atoms with Gasteiger partial charge in [0.1, 0.15) is 0 Å². The van der Waals surface area contributed by atoms with E-state index in [9.17, 15) is 0 Å². The molecule has 62 valence electrons. The van der Waals surface area contributed by atoms with Crippen molar-refractivity contribution in [3.63, 3.8) is 0 Å². The maximum Gasteiger partial charge on any atom is 0.0864 e. The quantitative estimate of drug-likeness (QED) is 0.647. The highest BCUT2D eigenvalue weighted by Gasteiger charge is 1.99. The molecule has 0 spiro atoms. The van der Waals surface area contributed by atoms with E-state index in [2.05, 4.69) is 30.7 Å². The molecule has 0 saturated carbocycles. The Hall–Kier alpha value is -0.760. The lowest BCUT2D eigenvalue weighted by Crippen LogP contribution is -1.99. The molecule has 0 fully saturated rings. The van der Waals surface area contributed by atoms with Crippen LogP contribution in [0.2, 0.25) is 0 Å². The van der Waals surface area contributed by atoms with Crippen molar-refractivity contribution in [3.05, 3.63) is 23.5 Å². The molecular weight excluding hydrogens is 138 g/mol. The summed E-state index contributed by atoms with van der Waals surface area (Å²) in [7, 11) is 1.72. The second kappa shape index (κ2) is 3.58. The van der Waals surface area contributed by atoms with Gasteiger partial charge in [0, 0.05) is 25.5 Å². The zero-order chi connectivity index (χ0) is 8.27. The summed E-state index contributed by atoms with van der Waals surface area (Å²) < 4.78 is 7.27. The average molecular weight is 153 g/mol. The molecule has 0 aliphatic heterocycles. The zero-order valence-electron chi connectivity index (χ0n) is 7.42. The van der Waals surface area contributed by atoms with Crippen LogP contribution in [0.25, 0.3) is 0 Å². The minimum Gasteiger partial charge on any atom is -0.378 e. The summed E-state index contributed by atoms with van der Waals surface area (Å²) in [5.74, 6) is 0. The number of hydrogen-bond acceptors (Lipinski definition) is 1. The third kappa shape index (κ3) is 1.84. The molecule has 0 saturated heterocycles. The van der Waals surface area contributed by atoms with Gasteiger partial charge in [-0.3, -0.25) is 0 Å². The first-order chi connectivity index (χ1) is 5.27. The van der Waals surface area contributed by atoms with E-state index in [0.717, 1.165) is 6.54 Å². The summed E-state index contributed by atoms with van der Waals surface area (Å²) in [5, 5.41) is 0. The predicted molar refractivity (Wildman–Crippen MR) is 45.6 cm³/mol. The molecule has 2 heteroatoms. The Morgan fingerprint density at radius 1 is 1.55 bits per heavy atom. The van der Waals surface area contributed by atoms with Crippen molar-refractivity contribution in [1.82, 2.24) is 4.57 Å². The number of aryl methyl sites for hydroxylation is 2. The van der Waals surface area contributed by atoms with E-state index >= 15 is 0 Å². The first kappa shape index (κ1) is 8.34. The fraction of sp³-hybridized carbons (Fsp3) is 0.556. The van der Waals surface area contributed by atoms with Crippen LogP contribution in [0.4, 0.5) is 0 Å². The van der Waals surface area contributed by atoms with Crippen LogP contribution in [0.5, 0.6) is 0 Å². The van der Waals surface area contributed by atoms with Gasteiger partial charge in [0.05, 0.1) is 6.61 Å². The van der Waals surface area contributed by atoms with Gasteiger partial charge in [-0.25, -0.2) is 0 Å². The summed E-state index contributed by atoms with van der Waals surface area (Å²) in [6.07, 6.45) is 2.15.